The highest BCUT2D eigenvalue weighted by molar-refractivity contribution is 5.65. The molecule has 2 atom stereocenters. The summed E-state index contributed by atoms with van der Waals surface area (Å²) in [4.78, 5) is 0. The fourth-order valence-electron chi connectivity index (χ4n) is 2.49. The Morgan fingerprint density at radius 3 is 3.00 bits per heavy atom. The zero-order chi connectivity index (χ0) is 13.1. The molecule has 3 N–H and O–H groups in total. The quantitative estimate of drug-likeness (QED) is 0.840. The topological polar surface area (TPSA) is 65.1 Å². The van der Waals surface area contributed by atoms with E-state index in [0.717, 1.165) is 49.5 Å². The summed E-state index contributed by atoms with van der Waals surface area (Å²) < 4.78 is 7.53. The average Bonchev–Trinajstić information content (AvgIpc) is 2.94. The molecular formula is C13H24N4O. The SMILES string of the molecule is CCCc1nn(C)c(NC(C)C2CCCO2)c1N. The maximum Gasteiger partial charge on any atom is 0.148 e. The van der Waals surface area contributed by atoms with Gasteiger partial charge in [0.2, 0.25) is 0 Å². The van der Waals surface area contributed by atoms with Gasteiger partial charge in [-0.2, -0.15) is 5.10 Å². The van der Waals surface area contributed by atoms with Crippen molar-refractivity contribution in [3.63, 3.8) is 0 Å². The minimum atomic E-state index is 0.264. The number of nitrogen functional groups attached to an aromatic ring is 1. The molecule has 1 aromatic heterocycles. The molecule has 102 valence electrons. The van der Waals surface area contributed by atoms with E-state index >= 15 is 0 Å². The Kier molecular flexibility index (Phi) is 4.11. The van der Waals surface area contributed by atoms with Gasteiger partial charge in [-0.1, -0.05) is 13.3 Å². The molecule has 1 aliphatic heterocycles. The van der Waals surface area contributed by atoms with Gasteiger partial charge in [-0.25, -0.2) is 0 Å². The molecule has 0 aliphatic carbocycles. The van der Waals surface area contributed by atoms with Gasteiger partial charge in [0, 0.05) is 13.7 Å². The molecule has 5 heteroatoms. The number of aryl methyl sites for hydroxylation is 2. The van der Waals surface area contributed by atoms with Crippen LogP contribution in [-0.2, 0) is 18.2 Å². The highest BCUT2D eigenvalue weighted by atomic mass is 16.5. The number of hydrogen-bond donors (Lipinski definition) is 2. The first-order valence-corrected chi connectivity index (χ1v) is 6.83. The molecule has 0 bridgehead atoms. The highest BCUT2D eigenvalue weighted by Crippen LogP contribution is 2.26. The lowest BCUT2D eigenvalue weighted by molar-refractivity contribution is 0.0995. The normalized spacial score (nSPS) is 21.2. The summed E-state index contributed by atoms with van der Waals surface area (Å²) in [7, 11) is 1.93. The van der Waals surface area contributed by atoms with E-state index in [4.69, 9.17) is 10.5 Å². The lowest BCUT2D eigenvalue weighted by Gasteiger charge is -2.21. The highest BCUT2D eigenvalue weighted by Gasteiger charge is 2.24. The van der Waals surface area contributed by atoms with Crippen molar-refractivity contribution >= 4 is 11.5 Å². The Morgan fingerprint density at radius 2 is 2.39 bits per heavy atom. The fraction of sp³-hybridized carbons (Fsp3) is 0.769. The molecule has 2 unspecified atom stereocenters. The number of nitrogens with two attached hydrogens (primary N) is 1. The molecule has 0 radical (unpaired) electrons. The number of aromatic nitrogens is 2. The molecule has 1 saturated heterocycles. The van der Waals surface area contributed by atoms with Crippen molar-refractivity contribution in [3.05, 3.63) is 5.69 Å². The molecule has 0 saturated carbocycles. The van der Waals surface area contributed by atoms with Crippen LogP contribution in [-0.4, -0.2) is 28.5 Å². The van der Waals surface area contributed by atoms with Crippen LogP contribution in [0.2, 0.25) is 0 Å². The zero-order valence-electron chi connectivity index (χ0n) is 11.6. The number of ether oxygens (including phenoxy) is 1. The Bertz CT molecular complexity index is 396. The first-order chi connectivity index (χ1) is 8.63. The second-order valence-electron chi connectivity index (χ2n) is 5.07. The number of anilines is 2. The summed E-state index contributed by atoms with van der Waals surface area (Å²) in [6.45, 7) is 5.15. The van der Waals surface area contributed by atoms with Crippen LogP contribution in [0.4, 0.5) is 11.5 Å². The van der Waals surface area contributed by atoms with Crippen molar-refractivity contribution in [2.75, 3.05) is 17.7 Å². The Labute approximate surface area is 109 Å². The predicted octanol–water partition coefficient (Wildman–Crippen LogP) is 1.93. The smallest absolute Gasteiger partial charge is 0.148 e. The van der Waals surface area contributed by atoms with Crippen molar-refractivity contribution in [3.8, 4) is 0 Å². The van der Waals surface area contributed by atoms with E-state index in [9.17, 15) is 0 Å². The lowest BCUT2D eigenvalue weighted by atomic mass is 10.1. The molecule has 0 aromatic carbocycles. The van der Waals surface area contributed by atoms with Gasteiger partial charge in [-0.15, -0.1) is 0 Å². The first-order valence-electron chi connectivity index (χ1n) is 6.83. The van der Waals surface area contributed by atoms with Gasteiger partial charge < -0.3 is 15.8 Å². The van der Waals surface area contributed by atoms with Gasteiger partial charge in [0.25, 0.3) is 0 Å². The molecule has 2 rings (SSSR count). The maximum absolute atomic E-state index is 6.15. The van der Waals surface area contributed by atoms with Crippen LogP contribution in [0.5, 0.6) is 0 Å². The molecule has 5 nitrogen and oxygen atoms in total. The van der Waals surface area contributed by atoms with Crippen molar-refractivity contribution in [1.82, 2.24) is 9.78 Å². The molecule has 0 amide bonds. The molecule has 1 aromatic rings. The third-order valence-electron chi connectivity index (χ3n) is 3.53. The summed E-state index contributed by atoms with van der Waals surface area (Å²) in [6.07, 6.45) is 4.54. The molecule has 1 fully saturated rings. The zero-order valence-corrected chi connectivity index (χ0v) is 11.6. The Hall–Kier alpha value is -1.23. The molecule has 18 heavy (non-hydrogen) atoms. The van der Waals surface area contributed by atoms with Gasteiger partial charge in [-0.3, -0.25) is 4.68 Å². The number of rotatable bonds is 5. The minimum absolute atomic E-state index is 0.264. The maximum atomic E-state index is 6.15. The van der Waals surface area contributed by atoms with E-state index in [0.29, 0.717) is 0 Å². The van der Waals surface area contributed by atoms with Gasteiger partial charge in [0.1, 0.15) is 5.82 Å². The van der Waals surface area contributed by atoms with Crippen LogP contribution in [0.15, 0.2) is 0 Å². The van der Waals surface area contributed by atoms with E-state index in [2.05, 4.69) is 24.3 Å². The summed E-state index contributed by atoms with van der Waals surface area (Å²) in [5, 5.41) is 7.92. The number of nitrogens with one attached hydrogen (secondary N) is 1. The second-order valence-corrected chi connectivity index (χ2v) is 5.07. The third kappa shape index (κ3) is 2.61. The van der Waals surface area contributed by atoms with Gasteiger partial charge in [0.05, 0.1) is 23.5 Å². The Morgan fingerprint density at radius 1 is 1.61 bits per heavy atom. The summed E-state index contributed by atoms with van der Waals surface area (Å²) in [5.41, 5.74) is 7.92. The van der Waals surface area contributed by atoms with Crippen LogP contribution in [0.25, 0.3) is 0 Å². The second kappa shape index (κ2) is 5.61. The van der Waals surface area contributed by atoms with E-state index < -0.39 is 0 Å². The average molecular weight is 252 g/mol. The molecule has 2 heterocycles. The van der Waals surface area contributed by atoms with Crippen molar-refractivity contribution in [2.24, 2.45) is 7.05 Å². The van der Waals surface area contributed by atoms with Crippen LogP contribution in [0.3, 0.4) is 0 Å². The van der Waals surface area contributed by atoms with E-state index in [1.54, 1.807) is 0 Å². The predicted molar refractivity (Wildman–Crippen MR) is 73.7 cm³/mol. The molecular weight excluding hydrogens is 228 g/mol. The van der Waals surface area contributed by atoms with Gasteiger partial charge in [0.15, 0.2) is 0 Å². The van der Waals surface area contributed by atoms with Gasteiger partial charge >= 0.3 is 0 Å². The molecule has 0 spiro atoms. The summed E-state index contributed by atoms with van der Waals surface area (Å²) in [5.74, 6) is 0.918. The summed E-state index contributed by atoms with van der Waals surface area (Å²) >= 11 is 0. The number of hydrogen-bond acceptors (Lipinski definition) is 4. The van der Waals surface area contributed by atoms with E-state index in [1.165, 1.54) is 0 Å². The van der Waals surface area contributed by atoms with Gasteiger partial charge in [-0.05, 0) is 26.2 Å². The molecule has 1 aliphatic rings. The minimum Gasteiger partial charge on any atom is -0.394 e. The van der Waals surface area contributed by atoms with Crippen molar-refractivity contribution in [2.45, 2.75) is 51.7 Å². The summed E-state index contributed by atoms with van der Waals surface area (Å²) in [6, 6.07) is 0.264. The van der Waals surface area contributed by atoms with E-state index in [-0.39, 0.29) is 12.1 Å². The van der Waals surface area contributed by atoms with Crippen LogP contribution in [0.1, 0.15) is 38.8 Å². The van der Waals surface area contributed by atoms with Crippen LogP contribution in [0, 0.1) is 0 Å². The van der Waals surface area contributed by atoms with E-state index in [1.807, 2.05) is 11.7 Å². The number of nitrogens with zero attached hydrogens (tertiary/aromatic N) is 2. The lowest BCUT2D eigenvalue weighted by Crippen LogP contribution is -2.31. The largest absolute Gasteiger partial charge is 0.394 e. The van der Waals surface area contributed by atoms with Crippen molar-refractivity contribution < 1.29 is 4.74 Å². The fourth-order valence-corrected chi connectivity index (χ4v) is 2.49. The monoisotopic (exact) mass is 252 g/mol. The third-order valence-corrected chi connectivity index (χ3v) is 3.53. The first kappa shape index (κ1) is 13.2. The van der Waals surface area contributed by atoms with Crippen molar-refractivity contribution in [1.29, 1.82) is 0 Å². The standard InChI is InChI=1S/C13H24N4O/c1-4-6-10-12(14)13(17(3)16-10)15-9(2)11-7-5-8-18-11/h9,11,15H,4-8,14H2,1-3H3. The Balaban J connectivity index is 2.08. The van der Waals surface area contributed by atoms with Crippen LogP contribution < -0.4 is 11.1 Å². The van der Waals surface area contributed by atoms with Crippen LogP contribution >= 0.6 is 0 Å².